The zero-order valence-corrected chi connectivity index (χ0v) is 15.3. The SMILES string of the molecule is CC(C)CC1CN(c2cncc(-c3n[nH]c4ncccc34)n2)CCC1N. The lowest BCUT2D eigenvalue weighted by molar-refractivity contribution is 0.303. The third-order valence-electron chi connectivity index (χ3n) is 5.09. The molecule has 7 nitrogen and oxygen atoms in total. The van der Waals surface area contributed by atoms with Gasteiger partial charge in [-0.2, -0.15) is 5.10 Å². The van der Waals surface area contributed by atoms with Crippen LogP contribution in [0.4, 0.5) is 5.82 Å². The van der Waals surface area contributed by atoms with Crippen LogP contribution in [0.3, 0.4) is 0 Å². The van der Waals surface area contributed by atoms with E-state index in [1.54, 1.807) is 12.4 Å². The number of H-pyrrole nitrogens is 1. The number of nitrogens with zero attached hydrogens (tertiary/aromatic N) is 5. The predicted molar refractivity (Wildman–Crippen MR) is 103 cm³/mol. The molecule has 1 fully saturated rings. The van der Waals surface area contributed by atoms with Crippen LogP contribution in [0.1, 0.15) is 26.7 Å². The van der Waals surface area contributed by atoms with Gasteiger partial charge in [0, 0.05) is 30.7 Å². The standard InChI is InChI=1S/C19H25N7/c1-12(2)8-13-11-26(7-5-15(13)20)17-10-21-9-16(23-17)18-14-4-3-6-22-19(14)25-24-18/h3-4,6,9-10,12-13,15H,5,7-8,11,20H2,1-2H3,(H,22,24,25). The number of rotatable bonds is 4. The monoisotopic (exact) mass is 351 g/mol. The molecule has 7 heteroatoms. The summed E-state index contributed by atoms with van der Waals surface area (Å²) < 4.78 is 0. The third kappa shape index (κ3) is 3.26. The molecule has 0 aliphatic carbocycles. The minimum atomic E-state index is 0.270. The van der Waals surface area contributed by atoms with Gasteiger partial charge in [-0.05, 0) is 36.8 Å². The van der Waals surface area contributed by atoms with Crippen molar-refractivity contribution in [3.63, 3.8) is 0 Å². The van der Waals surface area contributed by atoms with Crippen LogP contribution in [0.5, 0.6) is 0 Å². The van der Waals surface area contributed by atoms with Gasteiger partial charge in [-0.25, -0.2) is 9.97 Å². The number of hydrogen-bond donors (Lipinski definition) is 2. The molecule has 0 radical (unpaired) electrons. The molecule has 3 aromatic rings. The Labute approximate surface area is 153 Å². The summed E-state index contributed by atoms with van der Waals surface area (Å²) in [6, 6.07) is 4.17. The Morgan fingerprint density at radius 1 is 1.35 bits per heavy atom. The number of piperidine rings is 1. The predicted octanol–water partition coefficient (Wildman–Crippen LogP) is 2.61. The van der Waals surface area contributed by atoms with Gasteiger partial charge in [-0.15, -0.1) is 0 Å². The molecule has 0 saturated carbocycles. The molecule has 1 aliphatic heterocycles. The van der Waals surface area contributed by atoms with E-state index >= 15 is 0 Å². The van der Waals surface area contributed by atoms with E-state index in [2.05, 4.69) is 38.9 Å². The van der Waals surface area contributed by atoms with Gasteiger partial charge in [0.25, 0.3) is 0 Å². The molecule has 1 saturated heterocycles. The summed E-state index contributed by atoms with van der Waals surface area (Å²) in [4.78, 5) is 15.9. The first-order chi connectivity index (χ1) is 12.6. The quantitative estimate of drug-likeness (QED) is 0.750. The summed E-state index contributed by atoms with van der Waals surface area (Å²) in [5.74, 6) is 2.03. The van der Waals surface area contributed by atoms with Gasteiger partial charge in [-0.3, -0.25) is 10.1 Å². The first-order valence-electron chi connectivity index (χ1n) is 9.24. The number of anilines is 1. The summed E-state index contributed by atoms with van der Waals surface area (Å²) in [6.07, 6.45) is 7.46. The maximum atomic E-state index is 6.35. The van der Waals surface area contributed by atoms with Crippen LogP contribution in [0, 0.1) is 11.8 Å². The number of aromatic amines is 1. The summed E-state index contributed by atoms with van der Waals surface area (Å²) >= 11 is 0. The van der Waals surface area contributed by atoms with Crippen molar-refractivity contribution in [3.05, 3.63) is 30.7 Å². The lowest BCUT2D eigenvalue weighted by Crippen LogP contribution is -2.47. The van der Waals surface area contributed by atoms with Gasteiger partial charge in [0.2, 0.25) is 0 Å². The van der Waals surface area contributed by atoms with E-state index < -0.39 is 0 Å². The van der Waals surface area contributed by atoms with Gasteiger partial charge >= 0.3 is 0 Å². The second-order valence-electron chi connectivity index (χ2n) is 7.52. The number of nitrogens with two attached hydrogens (primary N) is 1. The summed E-state index contributed by atoms with van der Waals surface area (Å²) in [5, 5.41) is 8.31. The van der Waals surface area contributed by atoms with Crippen molar-refractivity contribution >= 4 is 16.9 Å². The molecule has 4 rings (SSSR count). The van der Waals surface area contributed by atoms with E-state index in [9.17, 15) is 0 Å². The van der Waals surface area contributed by atoms with Gasteiger partial charge in [-0.1, -0.05) is 13.8 Å². The van der Waals surface area contributed by atoms with Crippen LogP contribution in [0.15, 0.2) is 30.7 Å². The fourth-order valence-corrected chi connectivity index (χ4v) is 3.79. The molecule has 2 unspecified atom stereocenters. The maximum Gasteiger partial charge on any atom is 0.155 e. The minimum Gasteiger partial charge on any atom is -0.355 e. The van der Waals surface area contributed by atoms with Gasteiger partial charge in [0.1, 0.15) is 17.2 Å². The Balaban J connectivity index is 1.61. The molecule has 3 aromatic heterocycles. The molecular weight excluding hydrogens is 326 g/mol. The summed E-state index contributed by atoms with van der Waals surface area (Å²) in [7, 11) is 0. The normalized spacial score (nSPS) is 20.8. The first kappa shape index (κ1) is 16.9. The third-order valence-corrected chi connectivity index (χ3v) is 5.09. The Hall–Kier alpha value is -2.54. The zero-order valence-electron chi connectivity index (χ0n) is 15.3. The van der Waals surface area contributed by atoms with Crippen LogP contribution >= 0.6 is 0 Å². The van der Waals surface area contributed by atoms with Crippen LogP contribution < -0.4 is 10.6 Å². The Bertz CT molecular complexity index is 888. The molecule has 0 spiro atoms. The Morgan fingerprint density at radius 2 is 2.23 bits per heavy atom. The van der Waals surface area contributed by atoms with Crippen LogP contribution in [-0.2, 0) is 0 Å². The summed E-state index contributed by atoms with van der Waals surface area (Å²) in [5.41, 5.74) is 8.66. The molecular formula is C19H25N7. The van der Waals surface area contributed by atoms with Crippen molar-refractivity contribution in [1.82, 2.24) is 25.1 Å². The molecule has 3 N–H and O–H groups in total. The number of pyridine rings is 1. The molecule has 4 heterocycles. The molecule has 0 aromatic carbocycles. The van der Waals surface area contributed by atoms with Gasteiger partial charge < -0.3 is 10.6 Å². The topological polar surface area (TPSA) is 96.6 Å². The van der Waals surface area contributed by atoms with E-state index in [1.807, 2.05) is 18.3 Å². The largest absolute Gasteiger partial charge is 0.355 e. The van der Waals surface area contributed by atoms with Crippen molar-refractivity contribution < 1.29 is 0 Å². The van der Waals surface area contributed by atoms with E-state index in [0.29, 0.717) is 11.8 Å². The van der Waals surface area contributed by atoms with E-state index in [1.165, 1.54) is 0 Å². The molecule has 1 aliphatic rings. The van der Waals surface area contributed by atoms with Crippen molar-refractivity contribution in [2.75, 3.05) is 18.0 Å². The molecule has 26 heavy (non-hydrogen) atoms. The number of nitrogens with one attached hydrogen (secondary N) is 1. The highest BCUT2D eigenvalue weighted by molar-refractivity contribution is 5.89. The summed E-state index contributed by atoms with van der Waals surface area (Å²) in [6.45, 7) is 6.35. The second kappa shape index (κ2) is 6.99. The minimum absolute atomic E-state index is 0.270. The van der Waals surface area contributed by atoms with Gasteiger partial charge in [0.05, 0.1) is 12.4 Å². The lowest BCUT2D eigenvalue weighted by atomic mass is 9.86. The maximum absolute atomic E-state index is 6.35. The van der Waals surface area contributed by atoms with E-state index in [-0.39, 0.29) is 6.04 Å². The lowest BCUT2D eigenvalue weighted by Gasteiger charge is -2.38. The molecule has 2 atom stereocenters. The Kier molecular flexibility index (Phi) is 4.55. The highest BCUT2D eigenvalue weighted by atomic mass is 15.2. The highest BCUT2D eigenvalue weighted by Crippen LogP contribution is 2.28. The smallest absolute Gasteiger partial charge is 0.155 e. The number of aromatic nitrogens is 5. The van der Waals surface area contributed by atoms with E-state index in [4.69, 9.17) is 10.7 Å². The fraction of sp³-hybridized carbons (Fsp3) is 0.474. The molecule has 0 amide bonds. The van der Waals surface area contributed by atoms with Crippen LogP contribution in [-0.4, -0.2) is 44.3 Å². The number of fused-ring (bicyclic) bond motifs is 1. The van der Waals surface area contributed by atoms with E-state index in [0.717, 1.165) is 54.2 Å². The average molecular weight is 351 g/mol. The van der Waals surface area contributed by atoms with Crippen LogP contribution in [0.2, 0.25) is 0 Å². The molecule has 136 valence electrons. The Morgan fingerprint density at radius 3 is 3.08 bits per heavy atom. The number of hydrogen-bond acceptors (Lipinski definition) is 6. The first-order valence-corrected chi connectivity index (χ1v) is 9.24. The van der Waals surface area contributed by atoms with Crippen molar-refractivity contribution in [2.24, 2.45) is 17.6 Å². The zero-order chi connectivity index (χ0) is 18.1. The highest BCUT2D eigenvalue weighted by Gasteiger charge is 2.28. The second-order valence-corrected chi connectivity index (χ2v) is 7.52. The van der Waals surface area contributed by atoms with Crippen LogP contribution in [0.25, 0.3) is 22.4 Å². The van der Waals surface area contributed by atoms with Crippen molar-refractivity contribution in [3.8, 4) is 11.4 Å². The fourth-order valence-electron chi connectivity index (χ4n) is 3.79. The molecule has 0 bridgehead atoms. The van der Waals surface area contributed by atoms with Gasteiger partial charge in [0.15, 0.2) is 5.65 Å². The van der Waals surface area contributed by atoms with Crippen molar-refractivity contribution in [2.45, 2.75) is 32.7 Å². The average Bonchev–Trinajstić information content (AvgIpc) is 3.07. The van der Waals surface area contributed by atoms with Crippen molar-refractivity contribution in [1.29, 1.82) is 0 Å².